The molecule has 1 rings (SSSR count). The quantitative estimate of drug-likeness (QED) is 0.805. The summed E-state index contributed by atoms with van der Waals surface area (Å²) < 4.78 is 0. The molecule has 3 heteroatoms. The molecular weight excluding hydrogens is 204 g/mol. The zero-order valence-corrected chi connectivity index (χ0v) is 9.73. The van der Waals surface area contributed by atoms with E-state index in [1.54, 1.807) is 18.2 Å². The molecule has 2 N–H and O–H groups in total. The van der Waals surface area contributed by atoms with Crippen LogP contribution in [0.4, 0.5) is 0 Å². The van der Waals surface area contributed by atoms with Crippen LogP contribution in [-0.2, 0) is 11.2 Å². The smallest absolute Gasteiger partial charge is 0.310 e. The van der Waals surface area contributed by atoms with E-state index in [0.29, 0.717) is 12.8 Å². The van der Waals surface area contributed by atoms with Gasteiger partial charge in [0.25, 0.3) is 0 Å². The number of carboxylic acid groups (broad SMARTS) is 1. The molecule has 0 heterocycles. The fraction of sp³-hybridized carbons (Fsp3) is 0.462. The monoisotopic (exact) mass is 222 g/mol. The topological polar surface area (TPSA) is 57.5 Å². The van der Waals surface area contributed by atoms with Crippen molar-refractivity contribution in [3.05, 3.63) is 29.3 Å². The lowest BCUT2D eigenvalue weighted by Gasteiger charge is -2.13. The lowest BCUT2D eigenvalue weighted by molar-refractivity contribution is -0.139. The Morgan fingerprint density at radius 1 is 1.38 bits per heavy atom. The second-order valence-electron chi connectivity index (χ2n) is 3.92. The van der Waals surface area contributed by atoms with E-state index in [1.165, 1.54) is 0 Å². The number of aryl methyl sites for hydroxylation is 1. The van der Waals surface area contributed by atoms with Crippen molar-refractivity contribution in [2.75, 3.05) is 0 Å². The molecule has 0 fully saturated rings. The molecule has 0 saturated carbocycles. The van der Waals surface area contributed by atoms with Crippen LogP contribution in [0.1, 0.15) is 43.7 Å². The number of phenolic OH excluding ortho intramolecular Hbond substituents is 1. The van der Waals surface area contributed by atoms with E-state index in [1.807, 2.05) is 13.8 Å². The van der Waals surface area contributed by atoms with Crippen molar-refractivity contribution >= 4 is 5.97 Å². The summed E-state index contributed by atoms with van der Waals surface area (Å²) in [4.78, 5) is 11.1. The van der Waals surface area contributed by atoms with E-state index < -0.39 is 11.9 Å². The van der Waals surface area contributed by atoms with Crippen LogP contribution >= 0.6 is 0 Å². The van der Waals surface area contributed by atoms with Gasteiger partial charge in [-0.2, -0.15) is 0 Å². The lowest BCUT2D eigenvalue weighted by Crippen LogP contribution is -2.11. The van der Waals surface area contributed by atoms with Crippen LogP contribution in [-0.4, -0.2) is 16.2 Å². The Morgan fingerprint density at radius 2 is 2.06 bits per heavy atom. The molecule has 0 saturated heterocycles. The van der Waals surface area contributed by atoms with Crippen LogP contribution in [0.5, 0.6) is 5.75 Å². The lowest BCUT2D eigenvalue weighted by atomic mass is 9.92. The highest BCUT2D eigenvalue weighted by atomic mass is 16.4. The van der Waals surface area contributed by atoms with Crippen molar-refractivity contribution in [1.29, 1.82) is 0 Å². The largest absolute Gasteiger partial charge is 0.508 e. The van der Waals surface area contributed by atoms with Gasteiger partial charge >= 0.3 is 5.97 Å². The van der Waals surface area contributed by atoms with Crippen molar-refractivity contribution in [1.82, 2.24) is 0 Å². The number of hydrogen-bond acceptors (Lipinski definition) is 2. The molecule has 1 aromatic carbocycles. The van der Waals surface area contributed by atoms with Gasteiger partial charge in [-0.15, -0.1) is 0 Å². The Balaban J connectivity index is 3.05. The third-order valence-corrected chi connectivity index (χ3v) is 2.76. The van der Waals surface area contributed by atoms with Crippen LogP contribution in [0.2, 0.25) is 0 Å². The molecule has 3 nitrogen and oxygen atoms in total. The minimum atomic E-state index is -0.797. The van der Waals surface area contributed by atoms with Gasteiger partial charge in [-0.05, 0) is 30.0 Å². The maximum atomic E-state index is 11.1. The highest BCUT2D eigenvalue weighted by Gasteiger charge is 2.19. The van der Waals surface area contributed by atoms with E-state index in [-0.39, 0.29) is 5.75 Å². The number of aromatic hydroxyl groups is 1. The summed E-state index contributed by atoms with van der Waals surface area (Å²) in [6, 6.07) is 5.08. The molecule has 0 radical (unpaired) electrons. The van der Waals surface area contributed by atoms with E-state index in [9.17, 15) is 9.90 Å². The molecule has 1 atom stereocenters. The van der Waals surface area contributed by atoms with Gasteiger partial charge in [-0.1, -0.05) is 32.4 Å². The van der Waals surface area contributed by atoms with Gasteiger partial charge in [0.1, 0.15) is 5.75 Å². The normalized spacial score (nSPS) is 12.4. The van der Waals surface area contributed by atoms with Crippen molar-refractivity contribution in [2.45, 2.75) is 39.0 Å². The second kappa shape index (κ2) is 5.54. The highest BCUT2D eigenvalue weighted by Crippen LogP contribution is 2.27. The SMILES string of the molecule is CCCC(C(=O)O)c1ccc(O)c(CC)c1. The molecule has 16 heavy (non-hydrogen) atoms. The van der Waals surface area contributed by atoms with Gasteiger partial charge in [0.05, 0.1) is 5.92 Å². The first kappa shape index (κ1) is 12.6. The van der Waals surface area contributed by atoms with Gasteiger partial charge in [0.2, 0.25) is 0 Å². The number of hydrogen-bond donors (Lipinski definition) is 2. The Bertz CT molecular complexity index is 371. The molecule has 0 aliphatic carbocycles. The first-order chi connectivity index (χ1) is 7.60. The molecule has 1 unspecified atom stereocenters. The fourth-order valence-corrected chi connectivity index (χ4v) is 1.83. The second-order valence-corrected chi connectivity index (χ2v) is 3.92. The molecule has 0 spiro atoms. The molecule has 0 bridgehead atoms. The number of carbonyl (C=O) groups is 1. The first-order valence-corrected chi connectivity index (χ1v) is 5.64. The van der Waals surface area contributed by atoms with Crippen LogP contribution in [0.25, 0.3) is 0 Å². The maximum Gasteiger partial charge on any atom is 0.310 e. The van der Waals surface area contributed by atoms with Crippen LogP contribution < -0.4 is 0 Å². The molecule has 1 aromatic rings. The summed E-state index contributed by atoms with van der Waals surface area (Å²) in [7, 11) is 0. The molecule has 0 aliphatic heterocycles. The van der Waals surface area contributed by atoms with E-state index in [0.717, 1.165) is 17.5 Å². The predicted molar refractivity (Wildman–Crippen MR) is 62.8 cm³/mol. The van der Waals surface area contributed by atoms with Gasteiger partial charge in [0, 0.05) is 0 Å². The first-order valence-electron chi connectivity index (χ1n) is 5.64. The van der Waals surface area contributed by atoms with Crippen LogP contribution in [0.3, 0.4) is 0 Å². The average Bonchev–Trinajstić information content (AvgIpc) is 2.26. The van der Waals surface area contributed by atoms with E-state index >= 15 is 0 Å². The molecular formula is C13H18O3. The molecule has 0 amide bonds. The zero-order valence-electron chi connectivity index (χ0n) is 9.73. The number of benzene rings is 1. The van der Waals surface area contributed by atoms with Crippen LogP contribution in [0, 0.1) is 0 Å². The van der Waals surface area contributed by atoms with Gasteiger partial charge < -0.3 is 10.2 Å². The minimum absolute atomic E-state index is 0.242. The fourth-order valence-electron chi connectivity index (χ4n) is 1.83. The summed E-state index contributed by atoms with van der Waals surface area (Å²) >= 11 is 0. The average molecular weight is 222 g/mol. The van der Waals surface area contributed by atoms with Crippen molar-refractivity contribution < 1.29 is 15.0 Å². The van der Waals surface area contributed by atoms with Gasteiger partial charge in [0.15, 0.2) is 0 Å². The summed E-state index contributed by atoms with van der Waals surface area (Å²) in [5.41, 5.74) is 1.59. The number of phenols is 1. The Labute approximate surface area is 95.7 Å². The van der Waals surface area contributed by atoms with Gasteiger partial charge in [-0.25, -0.2) is 0 Å². The van der Waals surface area contributed by atoms with E-state index in [4.69, 9.17) is 5.11 Å². The molecule has 0 aromatic heterocycles. The Hall–Kier alpha value is -1.51. The summed E-state index contributed by atoms with van der Waals surface area (Å²) in [5.74, 6) is -1.02. The third-order valence-electron chi connectivity index (χ3n) is 2.76. The van der Waals surface area contributed by atoms with Crippen molar-refractivity contribution in [2.24, 2.45) is 0 Å². The number of rotatable bonds is 5. The molecule has 88 valence electrons. The summed E-state index contributed by atoms with van der Waals surface area (Å²) in [5, 5.41) is 18.7. The standard InChI is InChI=1S/C13H18O3/c1-3-5-11(13(15)16)10-6-7-12(14)9(4-2)8-10/h6-8,11,14H,3-5H2,1-2H3,(H,15,16). The van der Waals surface area contributed by atoms with Crippen molar-refractivity contribution in [3.8, 4) is 5.75 Å². The molecule has 0 aliphatic rings. The maximum absolute atomic E-state index is 11.1. The number of carboxylic acids is 1. The predicted octanol–water partition coefficient (Wildman–Crippen LogP) is 2.92. The van der Waals surface area contributed by atoms with E-state index in [2.05, 4.69) is 0 Å². The van der Waals surface area contributed by atoms with Crippen molar-refractivity contribution in [3.63, 3.8) is 0 Å². The van der Waals surface area contributed by atoms with Gasteiger partial charge in [-0.3, -0.25) is 4.79 Å². The minimum Gasteiger partial charge on any atom is -0.508 e. The Kier molecular flexibility index (Phi) is 4.35. The highest BCUT2D eigenvalue weighted by molar-refractivity contribution is 5.76. The third kappa shape index (κ3) is 2.75. The van der Waals surface area contributed by atoms with Crippen LogP contribution in [0.15, 0.2) is 18.2 Å². The zero-order chi connectivity index (χ0) is 12.1. The number of aliphatic carboxylic acids is 1. The summed E-state index contributed by atoms with van der Waals surface area (Å²) in [6.45, 7) is 3.91. The Morgan fingerprint density at radius 3 is 2.56 bits per heavy atom. The summed E-state index contributed by atoms with van der Waals surface area (Å²) in [6.07, 6.45) is 2.17.